The molecular weight excluding hydrogens is 224 g/mol. The van der Waals surface area contributed by atoms with Crippen molar-refractivity contribution in [3.8, 4) is 0 Å². The molecule has 1 aromatic carbocycles. The SMILES string of the molecule is CNC(=O)[C@@H](C)NCc1cccc(C)c1.Cl. The Morgan fingerprint density at radius 2 is 2.12 bits per heavy atom. The van der Waals surface area contributed by atoms with Gasteiger partial charge in [-0.05, 0) is 19.4 Å². The van der Waals surface area contributed by atoms with Crippen molar-refractivity contribution in [2.24, 2.45) is 0 Å². The van der Waals surface area contributed by atoms with E-state index in [1.54, 1.807) is 7.05 Å². The summed E-state index contributed by atoms with van der Waals surface area (Å²) in [6.45, 7) is 4.64. The number of halogens is 1. The van der Waals surface area contributed by atoms with Crippen LogP contribution in [0.15, 0.2) is 24.3 Å². The van der Waals surface area contributed by atoms with Crippen molar-refractivity contribution in [2.45, 2.75) is 26.4 Å². The molecule has 0 heterocycles. The molecule has 3 nitrogen and oxygen atoms in total. The molecule has 4 heteroatoms. The highest BCUT2D eigenvalue weighted by molar-refractivity contribution is 5.85. The number of carbonyl (C=O) groups is 1. The molecule has 0 spiro atoms. The van der Waals surface area contributed by atoms with Crippen LogP contribution in [0.4, 0.5) is 0 Å². The molecule has 1 rings (SSSR count). The van der Waals surface area contributed by atoms with Crippen LogP contribution in [0, 0.1) is 6.92 Å². The molecule has 0 bridgehead atoms. The fourth-order valence-corrected chi connectivity index (χ4v) is 1.40. The van der Waals surface area contributed by atoms with Crippen molar-refractivity contribution >= 4 is 18.3 Å². The smallest absolute Gasteiger partial charge is 0.236 e. The second-order valence-corrected chi connectivity index (χ2v) is 3.71. The Balaban J connectivity index is 0.00000225. The Morgan fingerprint density at radius 3 is 2.69 bits per heavy atom. The van der Waals surface area contributed by atoms with Crippen LogP contribution in [0.1, 0.15) is 18.1 Å². The summed E-state index contributed by atoms with van der Waals surface area (Å²) in [6.07, 6.45) is 0. The standard InChI is InChI=1S/C12H18N2O.ClH/c1-9-5-4-6-11(7-9)8-14-10(2)12(15)13-3;/h4-7,10,14H,8H2,1-3H3,(H,13,15);1H/t10-;/m1./s1. The predicted molar refractivity (Wildman–Crippen MR) is 68.8 cm³/mol. The third-order valence-electron chi connectivity index (χ3n) is 2.33. The number of rotatable bonds is 4. The molecule has 1 aromatic rings. The van der Waals surface area contributed by atoms with Crippen LogP contribution in [-0.2, 0) is 11.3 Å². The van der Waals surface area contributed by atoms with Crippen LogP contribution in [0.3, 0.4) is 0 Å². The van der Waals surface area contributed by atoms with E-state index in [4.69, 9.17) is 0 Å². The maximum atomic E-state index is 11.2. The summed E-state index contributed by atoms with van der Waals surface area (Å²) in [6, 6.07) is 8.10. The Morgan fingerprint density at radius 1 is 1.44 bits per heavy atom. The lowest BCUT2D eigenvalue weighted by molar-refractivity contribution is -0.122. The first-order valence-electron chi connectivity index (χ1n) is 5.14. The molecule has 90 valence electrons. The number of hydrogen-bond donors (Lipinski definition) is 2. The number of carbonyl (C=O) groups excluding carboxylic acids is 1. The normalized spacial score (nSPS) is 11.4. The van der Waals surface area contributed by atoms with Crippen LogP contribution < -0.4 is 10.6 Å². The van der Waals surface area contributed by atoms with Gasteiger partial charge in [0.2, 0.25) is 5.91 Å². The van der Waals surface area contributed by atoms with Crippen LogP contribution in [0.5, 0.6) is 0 Å². The number of aryl methyl sites for hydroxylation is 1. The van der Waals surface area contributed by atoms with Gasteiger partial charge in [-0.25, -0.2) is 0 Å². The number of amides is 1. The summed E-state index contributed by atoms with van der Waals surface area (Å²) < 4.78 is 0. The summed E-state index contributed by atoms with van der Waals surface area (Å²) in [5.41, 5.74) is 2.44. The van der Waals surface area contributed by atoms with Gasteiger partial charge in [-0.2, -0.15) is 0 Å². The molecular formula is C12H19ClN2O. The highest BCUT2D eigenvalue weighted by Crippen LogP contribution is 2.03. The van der Waals surface area contributed by atoms with Gasteiger partial charge in [0.1, 0.15) is 0 Å². The second-order valence-electron chi connectivity index (χ2n) is 3.71. The molecule has 0 saturated carbocycles. The molecule has 2 N–H and O–H groups in total. The zero-order valence-electron chi connectivity index (χ0n) is 9.91. The highest BCUT2D eigenvalue weighted by Gasteiger charge is 2.08. The fraction of sp³-hybridized carbons (Fsp3) is 0.417. The van der Waals surface area contributed by atoms with E-state index in [0.29, 0.717) is 0 Å². The van der Waals surface area contributed by atoms with E-state index >= 15 is 0 Å². The third-order valence-corrected chi connectivity index (χ3v) is 2.33. The van der Waals surface area contributed by atoms with Crippen molar-refractivity contribution in [1.82, 2.24) is 10.6 Å². The van der Waals surface area contributed by atoms with E-state index in [1.165, 1.54) is 11.1 Å². The fourth-order valence-electron chi connectivity index (χ4n) is 1.40. The number of nitrogens with one attached hydrogen (secondary N) is 2. The van der Waals surface area contributed by atoms with Gasteiger partial charge in [-0.3, -0.25) is 4.79 Å². The number of likely N-dealkylation sites (N-methyl/N-ethyl adjacent to an activating group) is 1. The van der Waals surface area contributed by atoms with Gasteiger partial charge in [-0.1, -0.05) is 29.8 Å². The monoisotopic (exact) mass is 242 g/mol. The van der Waals surface area contributed by atoms with Crippen LogP contribution in [0.2, 0.25) is 0 Å². The molecule has 0 aliphatic heterocycles. The van der Waals surface area contributed by atoms with Crippen LogP contribution in [-0.4, -0.2) is 19.0 Å². The Bertz CT molecular complexity index is 342. The van der Waals surface area contributed by atoms with Gasteiger partial charge in [0.05, 0.1) is 6.04 Å². The minimum atomic E-state index is -0.157. The summed E-state index contributed by atoms with van der Waals surface area (Å²) in [4.78, 5) is 11.2. The van der Waals surface area contributed by atoms with Crippen LogP contribution >= 0.6 is 12.4 Å². The third kappa shape index (κ3) is 4.64. The van der Waals surface area contributed by atoms with Gasteiger partial charge in [0.15, 0.2) is 0 Å². The summed E-state index contributed by atoms with van der Waals surface area (Å²) >= 11 is 0. The first-order valence-corrected chi connectivity index (χ1v) is 5.14. The first kappa shape index (κ1) is 14.9. The quantitative estimate of drug-likeness (QED) is 0.843. The van der Waals surface area contributed by atoms with Crippen molar-refractivity contribution in [1.29, 1.82) is 0 Å². The van der Waals surface area contributed by atoms with E-state index in [9.17, 15) is 4.79 Å². The minimum Gasteiger partial charge on any atom is -0.358 e. The first-order chi connectivity index (χ1) is 7.13. The highest BCUT2D eigenvalue weighted by atomic mass is 35.5. The molecule has 0 unspecified atom stereocenters. The van der Waals surface area contributed by atoms with Gasteiger partial charge in [-0.15, -0.1) is 12.4 Å². The molecule has 0 aliphatic rings. The predicted octanol–water partition coefficient (Wildman–Crippen LogP) is 1.64. The zero-order chi connectivity index (χ0) is 11.3. The lowest BCUT2D eigenvalue weighted by Gasteiger charge is -2.12. The van der Waals surface area contributed by atoms with Gasteiger partial charge in [0.25, 0.3) is 0 Å². The van der Waals surface area contributed by atoms with Gasteiger partial charge in [0, 0.05) is 13.6 Å². The van der Waals surface area contributed by atoms with E-state index in [1.807, 2.05) is 13.0 Å². The molecule has 0 radical (unpaired) electrons. The van der Waals surface area contributed by atoms with Crippen LogP contribution in [0.25, 0.3) is 0 Å². The van der Waals surface area contributed by atoms with E-state index in [-0.39, 0.29) is 24.4 Å². The summed E-state index contributed by atoms with van der Waals surface area (Å²) in [7, 11) is 1.65. The molecule has 0 fully saturated rings. The zero-order valence-corrected chi connectivity index (χ0v) is 10.7. The minimum absolute atomic E-state index is 0. The summed E-state index contributed by atoms with van der Waals surface area (Å²) in [5.74, 6) is 0.0163. The van der Waals surface area contributed by atoms with E-state index in [0.717, 1.165) is 6.54 Å². The topological polar surface area (TPSA) is 41.1 Å². The molecule has 0 aliphatic carbocycles. The lowest BCUT2D eigenvalue weighted by Crippen LogP contribution is -2.40. The molecule has 0 saturated heterocycles. The number of benzene rings is 1. The second kappa shape index (κ2) is 7.25. The van der Waals surface area contributed by atoms with Gasteiger partial charge < -0.3 is 10.6 Å². The Kier molecular flexibility index (Phi) is 6.77. The average molecular weight is 243 g/mol. The van der Waals surface area contributed by atoms with E-state index in [2.05, 4.69) is 35.8 Å². The van der Waals surface area contributed by atoms with Gasteiger partial charge >= 0.3 is 0 Å². The molecule has 0 aromatic heterocycles. The maximum absolute atomic E-state index is 11.2. The molecule has 1 amide bonds. The largest absolute Gasteiger partial charge is 0.358 e. The molecule has 1 atom stereocenters. The van der Waals surface area contributed by atoms with Crippen molar-refractivity contribution in [3.63, 3.8) is 0 Å². The summed E-state index contributed by atoms with van der Waals surface area (Å²) in [5, 5.41) is 5.78. The lowest BCUT2D eigenvalue weighted by atomic mass is 10.1. The Labute approximate surface area is 103 Å². The number of hydrogen-bond acceptors (Lipinski definition) is 2. The van der Waals surface area contributed by atoms with E-state index < -0.39 is 0 Å². The Hall–Kier alpha value is -1.06. The van der Waals surface area contributed by atoms with Crippen molar-refractivity contribution < 1.29 is 4.79 Å². The maximum Gasteiger partial charge on any atom is 0.236 e. The van der Waals surface area contributed by atoms with Crippen molar-refractivity contribution in [2.75, 3.05) is 7.05 Å². The molecule has 16 heavy (non-hydrogen) atoms. The van der Waals surface area contributed by atoms with Crippen molar-refractivity contribution in [3.05, 3.63) is 35.4 Å². The average Bonchev–Trinajstić information content (AvgIpc) is 2.25.